The molecule has 0 radical (unpaired) electrons. The van der Waals surface area contributed by atoms with Crippen molar-refractivity contribution in [2.75, 3.05) is 18.0 Å². The molecule has 0 atom stereocenters. The molecule has 0 saturated heterocycles. The Balaban J connectivity index is 2.35. The van der Waals surface area contributed by atoms with Gasteiger partial charge in [-0.05, 0) is 39.5 Å². The molecule has 0 saturated carbocycles. The fourth-order valence-corrected chi connectivity index (χ4v) is 2.56. The Hall–Kier alpha value is -1.63. The number of nitriles is 1. The van der Waals surface area contributed by atoms with E-state index in [9.17, 15) is 0 Å². The minimum atomic E-state index is 0.547. The number of rotatable bonds is 4. The summed E-state index contributed by atoms with van der Waals surface area (Å²) in [6.07, 6.45) is 5.15. The zero-order valence-corrected chi connectivity index (χ0v) is 11.2. The van der Waals surface area contributed by atoms with Crippen LogP contribution in [0, 0.1) is 18.3 Å². The summed E-state index contributed by atoms with van der Waals surface area (Å²) in [4.78, 5) is 11.4. The summed E-state index contributed by atoms with van der Waals surface area (Å²) in [5.74, 6) is 1.91. The average molecular weight is 244 g/mol. The van der Waals surface area contributed by atoms with E-state index in [0.29, 0.717) is 6.42 Å². The van der Waals surface area contributed by atoms with Gasteiger partial charge in [0.2, 0.25) is 0 Å². The summed E-state index contributed by atoms with van der Waals surface area (Å²) < 4.78 is 0. The molecule has 0 spiro atoms. The lowest BCUT2D eigenvalue weighted by Gasteiger charge is -2.27. The standard InChI is InChI=1S/C14H20N4/c1-3-18(10-6-9-15)14-12-7-4-5-8-13(12)16-11(2)17-14/h3-8,10H2,1-2H3. The van der Waals surface area contributed by atoms with Crippen molar-refractivity contribution in [3.8, 4) is 6.07 Å². The molecule has 96 valence electrons. The second-order valence-corrected chi connectivity index (χ2v) is 4.71. The fourth-order valence-electron chi connectivity index (χ4n) is 2.56. The predicted octanol–water partition coefficient (Wildman–Crippen LogP) is 2.40. The van der Waals surface area contributed by atoms with Crippen LogP contribution in [0.4, 0.5) is 5.82 Å². The number of fused-ring (bicyclic) bond motifs is 1. The third-order valence-electron chi connectivity index (χ3n) is 3.45. The summed E-state index contributed by atoms with van der Waals surface area (Å²) >= 11 is 0. The number of aromatic nitrogens is 2. The maximum Gasteiger partial charge on any atom is 0.135 e. The average Bonchev–Trinajstić information content (AvgIpc) is 2.39. The van der Waals surface area contributed by atoms with Crippen LogP contribution in [0.3, 0.4) is 0 Å². The maximum atomic E-state index is 8.74. The van der Waals surface area contributed by atoms with Crippen molar-refractivity contribution in [2.24, 2.45) is 0 Å². The van der Waals surface area contributed by atoms with Crippen LogP contribution < -0.4 is 4.90 Å². The zero-order valence-electron chi connectivity index (χ0n) is 11.2. The van der Waals surface area contributed by atoms with E-state index in [1.165, 1.54) is 24.1 Å². The molecule has 1 aromatic heterocycles. The summed E-state index contributed by atoms with van der Waals surface area (Å²) in [7, 11) is 0. The third-order valence-corrected chi connectivity index (χ3v) is 3.45. The van der Waals surface area contributed by atoms with Crippen LogP contribution in [-0.4, -0.2) is 23.1 Å². The molecule has 4 heteroatoms. The fraction of sp³-hybridized carbons (Fsp3) is 0.643. The minimum absolute atomic E-state index is 0.547. The largest absolute Gasteiger partial charge is 0.356 e. The predicted molar refractivity (Wildman–Crippen MR) is 71.5 cm³/mol. The summed E-state index contributed by atoms with van der Waals surface area (Å²) in [6.45, 7) is 5.72. The van der Waals surface area contributed by atoms with Crippen LogP contribution in [0.5, 0.6) is 0 Å². The molecule has 0 aliphatic heterocycles. The molecule has 0 fully saturated rings. The van der Waals surface area contributed by atoms with Gasteiger partial charge >= 0.3 is 0 Å². The van der Waals surface area contributed by atoms with Gasteiger partial charge in [0.1, 0.15) is 11.6 Å². The first-order valence-corrected chi connectivity index (χ1v) is 6.74. The highest BCUT2D eigenvalue weighted by molar-refractivity contribution is 5.50. The molecular formula is C14H20N4. The highest BCUT2D eigenvalue weighted by Crippen LogP contribution is 2.27. The van der Waals surface area contributed by atoms with E-state index >= 15 is 0 Å². The molecule has 2 rings (SSSR count). The molecule has 1 aromatic rings. The Labute approximate surface area is 109 Å². The molecule has 0 N–H and O–H groups in total. The van der Waals surface area contributed by atoms with Crippen molar-refractivity contribution in [1.29, 1.82) is 5.26 Å². The van der Waals surface area contributed by atoms with E-state index in [0.717, 1.165) is 37.6 Å². The monoisotopic (exact) mass is 244 g/mol. The van der Waals surface area contributed by atoms with Crippen molar-refractivity contribution >= 4 is 5.82 Å². The number of nitrogens with zero attached hydrogens (tertiary/aromatic N) is 4. The summed E-state index contributed by atoms with van der Waals surface area (Å²) in [5.41, 5.74) is 2.53. The van der Waals surface area contributed by atoms with Gasteiger partial charge in [-0.1, -0.05) is 0 Å². The van der Waals surface area contributed by atoms with Gasteiger partial charge in [-0.25, -0.2) is 9.97 Å². The lowest BCUT2D eigenvalue weighted by atomic mass is 9.96. The number of anilines is 1. The second-order valence-electron chi connectivity index (χ2n) is 4.71. The third kappa shape index (κ3) is 2.61. The lowest BCUT2D eigenvalue weighted by Crippen LogP contribution is -2.28. The van der Waals surface area contributed by atoms with Crippen LogP contribution in [-0.2, 0) is 12.8 Å². The van der Waals surface area contributed by atoms with E-state index in [2.05, 4.69) is 27.9 Å². The number of hydrogen-bond donors (Lipinski definition) is 0. The van der Waals surface area contributed by atoms with Crippen molar-refractivity contribution in [2.45, 2.75) is 46.0 Å². The van der Waals surface area contributed by atoms with Crippen LogP contribution in [0.15, 0.2) is 0 Å². The first-order valence-electron chi connectivity index (χ1n) is 6.74. The molecule has 0 bridgehead atoms. The Bertz CT molecular complexity index is 462. The van der Waals surface area contributed by atoms with Crippen LogP contribution in [0.25, 0.3) is 0 Å². The molecule has 1 aliphatic rings. The van der Waals surface area contributed by atoms with E-state index < -0.39 is 0 Å². The van der Waals surface area contributed by atoms with Gasteiger partial charge in [0, 0.05) is 24.3 Å². The van der Waals surface area contributed by atoms with E-state index in [1.54, 1.807) is 0 Å². The SMILES string of the molecule is CCN(CCC#N)c1nc(C)nc2c1CCCC2. The number of aryl methyl sites for hydroxylation is 2. The lowest BCUT2D eigenvalue weighted by molar-refractivity contribution is 0.650. The van der Waals surface area contributed by atoms with Gasteiger partial charge in [-0.2, -0.15) is 5.26 Å². The smallest absolute Gasteiger partial charge is 0.135 e. The number of hydrogen-bond acceptors (Lipinski definition) is 4. The molecule has 1 heterocycles. The molecular weight excluding hydrogens is 224 g/mol. The molecule has 4 nitrogen and oxygen atoms in total. The Morgan fingerprint density at radius 3 is 2.78 bits per heavy atom. The Morgan fingerprint density at radius 2 is 2.06 bits per heavy atom. The van der Waals surface area contributed by atoms with Gasteiger partial charge in [0.15, 0.2) is 0 Å². The molecule has 1 aliphatic carbocycles. The van der Waals surface area contributed by atoms with Crippen LogP contribution in [0.1, 0.15) is 43.3 Å². The molecule has 0 unspecified atom stereocenters. The molecule has 0 amide bonds. The highest BCUT2D eigenvalue weighted by Gasteiger charge is 2.19. The zero-order chi connectivity index (χ0) is 13.0. The van der Waals surface area contributed by atoms with Gasteiger partial charge in [0.25, 0.3) is 0 Å². The Morgan fingerprint density at radius 1 is 1.28 bits per heavy atom. The van der Waals surface area contributed by atoms with Crippen molar-refractivity contribution in [3.63, 3.8) is 0 Å². The highest BCUT2D eigenvalue weighted by atomic mass is 15.2. The Kier molecular flexibility index (Phi) is 4.14. The van der Waals surface area contributed by atoms with Crippen LogP contribution in [0.2, 0.25) is 0 Å². The van der Waals surface area contributed by atoms with E-state index in [1.807, 2.05) is 6.92 Å². The molecule has 0 aromatic carbocycles. The topological polar surface area (TPSA) is 52.8 Å². The second kappa shape index (κ2) is 5.81. The van der Waals surface area contributed by atoms with Gasteiger partial charge in [-0.3, -0.25) is 0 Å². The van der Waals surface area contributed by atoms with Gasteiger partial charge < -0.3 is 4.90 Å². The van der Waals surface area contributed by atoms with Crippen molar-refractivity contribution in [1.82, 2.24) is 9.97 Å². The quantitative estimate of drug-likeness (QED) is 0.816. The van der Waals surface area contributed by atoms with Crippen molar-refractivity contribution in [3.05, 3.63) is 17.1 Å². The van der Waals surface area contributed by atoms with Crippen LogP contribution >= 0.6 is 0 Å². The van der Waals surface area contributed by atoms with E-state index in [4.69, 9.17) is 5.26 Å². The van der Waals surface area contributed by atoms with Gasteiger partial charge in [0.05, 0.1) is 12.5 Å². The van der Waals surface area contributed by atoms with Gasteiger partial charge in [-0.15, -0.1) is 0 Å². The molecule has 18 heavy (non-hydrogen) atoms. The minimum Gasteiger partial charge on any atom is -0.356 e. The van der Waals surface area contributed by atoms with Crippen molar-refractivity contribution < 1.29 is 0 Å². The first kappa shape index (κ1) is 12.8. The first-order chi connectivity index (χ1) is 8.76. The summed E-state index contributed by atoms with van der Waals surface area (Å²) in [6, 6.07) is 2.21. The normalized spacial score (nSPS) is 13.8. The van der Waals surface area contributed by atoms with E-state index in [-0.39, 0.29) is 0 Å². The summed E-state index contributed by atoms with van der Waals surface area (Å²) in [5, 5.41) is 8.74. The maximum absolute atomic E-state index is 8.74.